The normalized spacial score (nSPS) is 10.5. The van der Waals surface area contributed by atoms with Crippen molar-refractivity contribution in [1.82, 2.24) is 10.1 Å². The molecule has 2 aromatic carbocycles. The molecule has 0 aliphatic carbocycles. The lowest BCUT2D eigenvalue weighted by Gasteiger charge is -2.09. The van der Waals surface area contributed by atoms with Crippen molar-refractivity contribution >= 4 is 35.0 Å². The average molecular weight is 413 g/mol. The molecule has 10 nitrogen and oxygen atoms in total. The minimum atomic E-state index is -0.768. The van der Waals surface area contributed by atoms with Crippen molar-refractivity contribution in [3.63, 3.8) is 0 Å². The van der Waals surface area contributed by atoms with Gasteiger partial charge in [0.15, 0.2) is 0 Å². The van der Waals surface area contributed by atoms with E-state index in [1.165, 1.54) is 12.1 Å². The van der Waals surface area contributed by atoms with Gasteiger partial charge < -0.3 is 15.6 Å². The Morgan fingerprint density at radius 1 is 1.28 bits per heavy atom. The number of aromatic nitrogens is 2. The number of benzene rings is 2. The quantitative estimate of drug-likeness (QED) is 0.340. The van der Waals surface area contributed by atoms with E-state index in [1.807, 2.05) is 0 Å². The number of thioether (sulfide) groups is 1. The van der Waals surface area contributed by atoms with Crippen molar-refractivity contribution in [2.45, 2.75) is 11.8 Å². The molecule has 0 saturated heterocycles. The fraction of sp³-hybridized carbons (Fsp3) is 0.111. The Morgan fingerprint density at radius 3 is 2.69 bits per heavy atom. The number of aryl methyl sites for hydroxylation is 1. The highest BCUT2D eigenvalue weighted by molar-refractivity contribution is 8.00. The highest BCUT2D eigenvalue weighted by Crippen LogP contribution is 2.31. The zero-order valence-electron chi connectivity index (χ0n) is 15.1. The van der Waals surface area contributed by atoms with Crippen LogP contribution in [0.3, 0.4) is 0 Å². The lowest BCUT2D eigenvalue weighted by Crippen LogP contribution is -2.15. The summed E-state index contributed by atoms with van der Waals surface area (Å²) < 4.78 is 4.97. The summed E-state index contributed by atoms with van der Waals surface area (Å²) in [5.74, 6) is -0.505. The second-order valence-corrected chi connectivity index (χ2v) is 6.84. The first-order valence-electron chi connectivity index (χ1n) is 8.25. The van der Waals surface area contributed by atoms with E-state index in [0.29, 0.717) is 23.0 Å². The smallest absolute Gasteiger partial charge is 0.283 e. The van der Waals surface area contributed by atoms with Crippen molar-refractivity contribution < 1.29 is 19.0 Å². The van der Waals surface area contributed by atoms with Gasteiger partial charge in [-0.2, -0.15) is 4.98 Å². The molecule has 2 amide bonds. The van der Waals surface area contributed by atoms with Crippen LogP contribution in [-0.2, 0) is 4.79 Å². The summed E-state index contributed by atoms with van der Waals surface area (Å²) in [4.78, 5) is 38.6. The van der Waals surface area contributed by atoms with Crippen molar-refractivity contribution in [3.05, 3.63) is 64.0 Å². The lowest BCUT2D eigenvalue weighted by molar-refractivity contribution is -0.387. The number of nitro groups is 1. The Hall–Kier alpha value is -3.73. The molecule has 0 saturated carbocycles. The molecule has 0 fully saturated rings. The van der Waals surface area contributed by atoms with Gasteiger partial charge in [0.1, 0.15) is 0 Å². The van der Waals surface area contributed by atoms with Gasteiger partial charge in [0, 0.05) is 24.1 Å². The number of nitrogens with zero attached hydrogens (tertiary/aromatic N) is 3. The molecule has 1 heterocycles. The number of carbonyl (C=O) groups is 2. The molecule has 0 radical (unpaired) electrons. The molecule has 0 bridgehead atoms. The predicted octanol–water partition coefficient (Wildman–Crippen LogP) is 2.78. The van der Waals surface area contributed by atoms with Crippen LogP contribution in [0.2, 0.25) is 0 Å². The van der Waals surface area contributed by atoms with Crippen molar-refractivity contribution in [1.29, 1.82) is 0 Å². The van der Waals surface area contributed by atoms with Crippen LogP contribution < -0.4 is 11.1 Å². The molecule has 0 aliphatic heterocycles. The van der Waals surface area contributed by atoms with Gasteiger partial charge in [0.25, 0.3) is 5.69 Å². The minimum Gasteiger partial charge on any atom is -0.366 e. The zero-order valence-corrected chi connectivity index (χ0v) is 15.9. The van der Waals surface area contributed by atoms with E-state index >= 15 is 0 Å². The van der Waals surface area contributed by atoms with E-state index in [2.05, 4.69) is 15.5 Å². The number of primary amides is 1. The summed E-state index contributed by atoms with van der Waals surface area (Å²) in [6, 6.07) is 10.8. The number of para-hydroxylation sites is 1. The van der Waals surface area contributed by atoms with E-state index in [0.717, 1.165) is 17.8 Å². The summed E-state index contributed by atoms with van der Waals surface area (Å²) >= 11 is 0.973. The highest BCUT2D eigenvalue weighted by atomic mass is 32.2. The maximum absolute atomic E-state index is 12.4. The maximum Gasteiger partial charge on any atom is 0.283 e. The lowest BCUT2D eigenvalue weighted by atomic mass is 10.1. The number of nitrogens with one attached hydrogen (secondary N) is 1. The molecular weight excluding hydrogens is 398 g/mol. The van der Waals surface area contributed by atoms with E-state index in [9.17, 15) is 19.7 Å². The van der Waals surface area contributed by atoms with Crippen molar-refractivity contribution in [2.75, 3.05) is 11.1 Å². The van der Waals surface area contributed by atoms with Crippen LogP contribution in [0.5, 0.6) is 0 Å². The van der Waals surface area contributed by atoms with Crippen LogP contribution in [0.25, 0.3) is 11.4 Å². The van der Waals surface area contributed by atoms with Crippen LogP contribution in [0.15, 0.2) is 51.9 Å². The van der Waals surface area contributed by atoms with Gasteiger partial charge in [0.2, 0.25) is 23.5 Å². The molecule has 0 spiro atoms. The fourth-order valence-corrected chi connectivity index (χ4v) is 3.27. The third kappa shape index (κ3) is 4.76. The Morgan fingerprint density at radius 2 is 2.03 bits per heavy atom. The van der Waals surface area contributed by atoms with Crippen LogP contribution in [0.4, 0.5) is 11.4 Å². The number of amides is 2. The Balaban J connectivity index is 1.73. The van der Waals surface area contributed by atoms with Gasteiger partial charge in [0.05, 0.1) is 21.3 Å². The second kappa shape index (κ2) is 8.52. The number of nitro benzene ring substituents is 1. The van der Waals surface area contributed by atoms with Gasteiger partial charge in [-0.25, -0.2) is 0 Å². The maximum atomic E-state index is 12.4. The third-order valence-corrected chi connectivity index (χ3v) is 4.83. The first-order chi connectivity index (χ1) is 13.8. The molecule has 3 rings (SSSR count). The summed E-state index contributed by atoms with van der Waals surface area (Å²) in [6.45, 7) is 1.66. The van der Waals surface area contributed by atoms with Crippen LogP contribution in [0.1, 0.15) is 16.2 Å². The second-order valence-electron chi connectivity index (χ2n) is 5.82. The largest absolute Gasteiger partial charge is 0.366 e. The molecule has 1 aromatic heterocycles. The van der Waals surface area contributed by atoms with E-state index < -0.39 is 10.8 Å². The minimum absolute atomic E-state index is 0.0230. The summed E-state index contributed by atoms with van der Waals surface area (Å²) in [7, 11) is 0. The third-order valence-electron chi connectivity index (χ3n) is 3.77. The van der Waals surface area contributed by atoms with Gasteiger partial charge in [-0.1, -0.05) is 17.3 Å². The molecule has 29 heavy (non-hydrogen) atoms. The molecule has 11 heteroatoms. The average Bonchev–Trinajstić information content (AvgIpc) is 3.12. The summed E-state index contributed by atoms with van der Waals surface area (Å²) in [5.41, 5.74) is 5.95. The Kier molecular flexibility index (Phi) is 5.88. The molecule has 3 N–H and O–H groups in total. The summed E-state index contributed by atoms with van der Waals surface area (Å²) in [6.07, 6.45) is 0. The first kappa shape index (κ1) is 20.0. The van der Waals surface area contributed by atoms with Crippen molar-refractivity contribution in [3.8, 4) is 11.4 Å². The molecule has 148 valence electrons. The Bertz CT molecular complexity index is 1100. The van der Waals surface area contributed by atoms with Gasteiger partial charge in [-0.3, -0.25) is 19.7 Å². The molecular formula is C18H15N5O5S. The standard InChI is InChI=1S/C18H15N5O5S/c1-10-20-18(22-28-10)12-4-2-3-5-13(12)21-16(24)9-29-15-7-6-11(17(19)25)8-14(15)23(26)27/h2-8H,9H2,1H3,(H2,19,25)(H,21,24). The van der Waals surface area contributed by atoms with E-state index in [4.69, 9.17) is 10.3 Å². The summed E-state index contributed by atoms with van der Waals surface area (Å²) in [5, 5.41) is 17.8. The zero-order chi connectivity index (χ0) is 21.0. The molecule has 0 aliphatic rings. The molecule has 3 aromatic rings. The number of anilines is 1. The van der Waals surface area contributed by atoms with Crippen LogP contribution in [-0.4, -0.2) is 32.6 Å². The fourth-order valence-electron chi connectivity index (χ4n) is 2.46. The number of nitrogens with two attached hydrogens (primary N) is 1. The van der Waals surface area contributed by atoms with E-state index in [1.54, 1.807) is 31.2 Å². The van der Waals surface area contributed by atoms with E-state index in [-0.39, 0.29) is 27.8 Å². The van der Waals surface area contributed by atoms with Gasteiger partial charge in [-0.05, 0) is 24.3 Å². The van der Waals surface area contributed by atoms with Crippen LogP contribution in [0, 0.1) is 17.0 Å². The van der Waals surface area contributed by atoms with Gasteiger partial charge in [-0.15, -0.1) is 11.8 Å². The SMILES string of the molecule is Cc1nc(-c2ccccc2NC(=O)CSc2ccc(C(N)=O)cc2[N+](=O)[O-])no1. The van der Waals surface area contributed by atoms with Crippen LogP contribution >= 0.6 is 11.8 Å². The molecule has 0 unspecified atom stereocenters. The first-order valence-corrected chi connectivity index (χ1v) is 9.24. The number of carbonyl (C=O) groups excluding carboxylic acids is 2. The monoisotopic (exact) mass is 413 g/mol. The number of hydrogen-bond donors (Lipinski definition) is 2. The highest BCUT2D eigenvalue weighted by Gasteiger charge is 2.19. The van der Waals surface area contributed by atoms with Crippen molar-refractivity contribution in [2.24, 2.45) is 5.73 Å². The topological polar surface area (TPSA) is 154 Å². The van der Waals surface area contributed by atoms with Gasteiger partial charge >= 0.3 is 0 Å². The Labute approximate surface area is 168 Å². The molecule has 0 atom stereocenters. The number of hydrogen-bond acceptors (Lipinski definition) is 8. The predicted molar refractivity (Wildman–Crippen MR) is 105 cm³/mol. The number of rotatable bonds is 7.